The largest absolute Gasteiger partial charge is 0.354 e. The molecule has 2 aliphatic rings. The highest BCUT2D eigenvalue weighted by atomic mass is 32.2. The van der Waals surface area contributed by atoms with E-state index in [4.69, 9.17) is 0 Å². The van der Waals surface area contributed by atoms with Crippen molar-refractivity contribution >= 4 is 17.7 Å². The molecular formula is C15H28N2OS. The predicted octanol–water partition coefficient (Wildman–Crippen LogP) is 2.56. The van der Waals surface area contributed by atoms with Gasteiger partial charge in [0.25, 0.3) is 0 Å². The van der Waals surface area contributed by atoms with E-state index < -0.39 is 0 Å². The first-order valence-electron chi connectivity index (χ1n) is 7.64. The zero-order valence-corrected chi connectivity index (χ0v) is 13.2. The summed E-state index contributed by atoms with van der Waals surface area (Å²) in [5.74, 6) is 0.249. The van der Waals surface area contributed by atoms with Gasteiger partial charge in [0, 0.05) is 17.8 Å². The third-order valence-corrected chi connectivity index (χ3v) is 6.33. The molecule has 2 fully saturated rings. The maximum absolute atomic E-state index is 12.5. The maximum Gasteiger partial charge on any atom is 0.227 e. The van der Waals surface area contributed by atoms with E-state index in [0.29, 0.717) is 4.75 Å². The van der Waals surface area contributed by atoms with Gasteiger partial charge >= 0.3 is 0 Å². The van der Waals surface area contributed by atoms with Crippen molar-refractivity contribution < 1.29 is 4.79 Å². The molecule has 2 N–H and O–H groups in total. The van der Waals surface area contributed by atoms with Crippen molar-refractivity contribution in [3.05, 3.63) is 0 Å². The standard InChI is InChI=1S/C15H28N2OS/c1-14(7-6-10-16-11-14)13(18)17-12-15(19-2)8-4-3-5-9-15/h16H,3-12H2,1-2H3,(H,17,18). The molecule has 0 aromatic rings. The number of carbonyl (C=O) groups excluding carboxylic acids is 1. The molecule has 0 aromatic carbocycles. The van der Waals surface area contributed by atoms with E-state index in [-0.39, 0.29) is 11.3 Å². The molecule has 1 atom stereocenters. The van der Waals surface area contributed by atoms with Crippen LogP contribution >= 0.6 is 11.8 Å². The minimum Gasteiger partial charge on any atom is -0.354 e. The molecule has 1 aliphatic heterocycles. The summed E-state index contributed by atoms with van der Waals surface area (Å²) in [7, 11) is 0. The Morgan fingerprint density at radius 3 is 2.53 bits per heavy atom. The summed E-state index contributed by atoms with van der Waals surface area (Å²) in [5, 5.41) is 6.61. The Labute approximate surface area is 121 Å². The molecule has 110 valence electrons. The zero-order chi connectivity index (χ0) is 13.8. The summed E-state index contributed by atoms with van der Waals surface area (Å²) in [6.45, 7) is 4.83. The molecular weight excluding hydrogens is 256 g/mol. The van der Waals surface area contributed by atoms with Crippen molar-refractivity contribution in [2.24, 2.45) is 5.41 Å². The van der Waals surface area contributed by atoms with Crippen LogP contribution in [0.15, 0.2) is 0 Å². The first kappa shape index (κ1) is 15.2. The molecule has 0 aromatic heterocycles. The number of carbonyl (C=O) groups is 1. The average molecular weight is 284 g/mol. The highest BCUT2D eigenvalue weighted by Crippen LogP contribution is 2.38. The number of hydrogen-bond acceptors (Lipinski definition) is 3. The van der Waals surface area contributed by atoms with E-state index in [1.54, 1.807) is 0 Å². The minimum absolute atomic E-state index is 0.202. The van der Waals surface area contributed by atoms with Crippen molar-refractivity contribution in [1.82, 2.24) is 10.6 Å². The lowest BCUT2D eigenvalue weighted by Crippen LogP contribution is -2.51. The third kappa shape index (κ3) is 3.66. The Hall–Kier alpha value is -0.220. The predicted molar refractivity (Wildman–Crippen MR) is 82.6 cm³/mol. The highest BCUT2D eigenvalue weighted by molar-refractivity contribution is 8.00. The molecule has 3 nitrogen and oxygen atoms in total. The van der Waals surface area contributed by atoms with Crippen molar-refractivity contribution in [2.75, 3.05) is 25.9 Å². The summed E-state index contributed by atoms with van der Waals surface area (Å²) in [5.41, 5.74) is -0.202. The second kappa shape index (κ2) is 6.49. The highest BCUT2D eigenvalue weighted by Gasteiger charge is 2.37. The van der Waals surface area contributed by atoms with Crippen LogP contribution < -0.4 is 10.6 Å². The molecule has 4 heteroatoms. The van der Waals surface area contributed by atoms with Crippen LogP contribution in [-0.4, -0.2) is 36.5 Å². The SMILES string of the molecule is CSC1(CNC(=O)C2(C)CCCNC2)CCCCC1. The van der Waals surface area contributed by atoms with Gasteiger partial charge in [-0.1, -0.05) is 19.3 Å². The maximum atomic E-state index is 12.5. The monoisotopic (exact) mass is 284 g/mol. The van der Waals surface area contributed by atoms with Crippen LogP contribution in [0, 0.1) is 5.41 Å². The second-order valence-electron chi connectivity index (χ2n) is 6.47. The molecule has 0 radical (unpaired) electrons. The second-order valence-corrected chi connectivity index (χ2v) is 7.75. The number of rotatable bonds is 4. The number of piperidine rings is 1. The number of thioether (sulfide) groups is 1. The smallest absolute Gasteiger partial charge is 0.227 e. The van der Waals surface area contributed by atoms with Gasteiger partial charge in [0.15, 0.2) is 0 Å². The van der Waals surface area contributed by atoms with E-state index in [1.807, 2.05) is 11.8 Å². The minimum atomic E-state index is -0.202. The fourth-order valence-corrected chi connectivity index (χ4v) is 4.27. The molecule has 0 bridgehead atoms. The molecule has 19 heavy (non-hydrogen) atoms. The summed E-state index contributed by atoms with van der Waals surface area (Å²) in [6, 6.07) is 0. The molecule has 1 saturated heterocycles. The van der Waals surface area contributed by atoms with Gasteiger partial charge in [-0.2, -0.15) is 11.8 Å². The summed E-state index contributed by atoms with van der Waals surface area (Å²) in [6.07, 6.45) is 10.8. The van der Waals surface area contributed by atoms with Crippen molar-refractivity contribution in [3.8, 4) is 0 Å². The Bertz CT molecular complexity index is 307. The molecule has 1 heterocycles. The van der Waals surface area contributed by atoms with Gasteiger partial charge in [-0.3, -0.25) is 4.79 Å². The molecule has 1 saturated carbocycles. The van der Waals surface area contributed by atoms with E-state index >= 15 is 0 Å². The normalized spacial score (nSPS) is 30.8. The number of hydrogen-bond donors (Lipinski definition) is 2. The van der Waals surface area contributed by atoms with Gasteiger partial charge in [0.05, 0.1) is 5.41 Å². The molecule has 1 unspecified atom stereocenters. The van der Waals surface area contributed by atoms with Crippen LogP contribution in [0.5, 0.6) is 0 Å². The molecule has 2 rings (SSSR count). The molecule has 1 aliphatic carbocycles. The quantitative estimate of drug-likeness (QED) is 0.833. The van der Waals surface area contributed by atoms with Gasteiger partial charge in [-0.15, -0.1) is 0 Å². The van der Waals surface area contributed by atoms with E-state index in [9.17, 15) is 4.79 Å². The Morgan fingerprint density at radius 2 is 1.95 bits per heavy atom. The topological polar surface area (TPSA) is 41.1 Å². The first-order valence-corrected chi connectivity index (χ1v) is 8.87. The summed E-state index contributed by atoms with van der Waals surface area (Å²) in [4.78, 5) is 12.5. The van der Waals surface area contributed by atoms with Crippen LogP contribution in [0.3, 0.4) is 0 Å². The fourth-order valence-electron chi connectivity index (χ4n) is 3.35. The van der Waals surface area contributed by atoms with Crippen LogP contribution in [0.1, 0.15) is 51.9 Å². The zero-order valence-electron chi connectivity index (χ0n) is 12.4. The van der Waals surface area contributed by atoms with Gasteiger partial charge in [0.2, 0.25) is 5.91 Å². The third-order valence-electron chi connectivity index (χ3n) is 4.91. The lowest BCUT2D eigenvalue weighted by Gasteiger charge is -2.38. The van der Waals surface area contributed by atoms with E-state index in [1.165, 1.54) is 32.1 Å². The van der Waals surface area contributed by atoms with Gasteiger partial charge in [0.1, 0.15) is 0 Å². The lowest BCUT2D eigenvalue weighted by atomic mass is 9.81. The first-order chi connectivity index (χ1) is 9.10. The van der Waals surface area contributed by atoms with Crippen LogP contribution in [0.2, 0.25) is 0 Å². The summed E-state index contributed by atoms with van der Waals surface area (Å²) < 4.78 is 0.298. The Kier molecular flexibility index (Phi) is 5.18. The van der Waals surface area contributed by atoms with E-state index in [2.05, 4.69) is 23.8 Å². The number of nitrogens with one attached hydrogen (secondary N) is 2. The lowest BCUT2D eigenvalue weighted by molar-refractivity contribution is -0.131. The van der Waals surface area contributed by atoms with Crippen molar-refractivity contribution in [2.45, 2.75) is 56.6 Å². The summed E-state index contributed by atoms with van der Waals surface area (Å²) >= 11 is 1.95. The Morgan fingerprint density at radius 1 is 1.21 bits per heavy atom. The van der Waals surface area contributed by atoms with Crippen LogP contribution in [0.25, 0.3) is 0 Å². The van der Waals surface area contributed by atoms with Gasteiger partial charge in [-0.25, -0.2) is 0 Å². The fraction of sp³-hybridized carbons (Fsp3) is 0.933. The average Bonchev–Trinajstić information content (AvgIpc) is 2.46. The van der Waals surface area contributed by atoms with Gasteiger partial charge in [-0.05, 0) is 45.4 Å². The van der Waals surface area contributed by atoms with Gasteiger partial charge < -0.3 is 10.6 Å². The van der Waals surface area contributed by atoms with Crippen molar-refractivity contribution in [1.29, 1.82) is 0 Å². The van der Waals surface area contributed by atoms with Crippen molar-refractivity contribution in [3.63, 3.8) is 0 Å². The molecule has 0 spiro atoms. The Balaban J connectivity index is 1.87. The molecule has 1 amide bonds. The number of amides is 1. The van der Waals surface area contributed by atoms with Crippen LogP contribution in [-0.2, 0) is 4.79 Å². The van der Waals surface area contributed by atoms with E-state index in [0.717, 1.165) is 32.5 Å². The van der Waals surface area contributed by atoms with Crippen LogP contribution in [0.4, 0.5) is 0 Å².